The Morgan fingerprint density at radius 2 is 1.71 bits per heavy atom. The van der Waals surface area contributed by atoms with Crippen LogP contribution in [0, 0.1) is 11.8 Å². The molecule has 2 unspecified atom stereocenters. The number of hydrogen-bond acceptors (Lipinski definition) is 2. The van der Waals surface area contributed by atoms with E-state index in [1.54, 1.807) is 21.0 Å². The van der Waals surface area contributed by atoms with Crippen LogP contribution in [-0.4, -0.2) is 45.5 Å². The van der Waals surface area contributed by atoms with Crippen molar-refractivity contribution in [3.8, 4) is 0 Å². The van der Waals surface area contributed by atoms with Crippen LogP contribution in [-0.2, 0) is 9.59 Å². The first-order valence-electron chi connectivity index (χ1n) is 6.80. The summed E-state index contributed by atoms with van der Waals surface area (Å²) < 4.78 is -1.52. The van der Waals surface area contributed by atoms with Gasteiger partial charge in [0, 0.05) is 20.0 Å². The van der Waals surface area contributed by atoms with Gasteiger partial charge < -0.3 is 9.80 Å². The number of piperazine rings is 1. The fourth-order valence-electron chi connectivity index (χ4n) is 2.19. The maximum absolute atomic E-state index is 12.5. The molecular formula is C14H21Cl3N2O2. The minimum absolute atomic E-state index is 0.117. The average molecular weight is 356 g/mol. The Bertz CT molecular complexity index is 458. The SMILES string of the molecule is CC(C)CC1C(=O)N(C)/C(=C/C(C)C(Cl)(Cl)Cl)C(=O)N1C. The highest BCUT2D eigenvalue weighted by Gasteiger charge is 2.40. The summed E-state index contributed by atoms with van der Waals surface area (Å²) in [6.45, 7) is 5.72. The van der Waals surface area contributed by atoms with E-state index in [1.807, 2.05) is 13.8 Å². The number of hydrogen-bond donors (Lipinski definition) is 0. The van der Waals surface area contributed by atoms with Gasteiger partial charge in [0.25, 0.3) is 5.91 Å². The minimum Gasteiger partial charge on any atom is -0.328 e. The highest BCUT2D eigenvalue weighted by molar-refractivity contribution is 6.67. The predicted molar refractivity (Wildman–Crippen MR) is 86.3 cm³/mol. The Morgan fingerprint density at radius 1 is 1.19 bits per heavy atom. The molecule has 120 valence electrons. The first-order valence-corrected chi connectivity index (χ1v) is 7.93. The molecule has 1 aliphatic heterocycles. The minimum atomic E-state index is -1.52. The van der Waals surface area contributed by atoms with Crippen molar-refractivity contribution in [1.29, 1.82) is 0 Å². The zero-order chi connectivity index (χ0) is 16.5. The summed E-state index contributed by atoms with van der Waals surface area (Å²) in [4.78, 5) is 27.8. The highest BCUT2D eigenvalue weighted by Crippen LogP contribution is 2.37. The van der Waals surface area contributed by atoms with Crippen LogP contribution in [0.5, 0.6) is 0 Å². The molecule has 0 aromatic rings. The molecule has 1 fully saturated rings. The first-order chi connectivity index (χ1) is 9.46. The Kier molecular flexibility index (Phi) is 5.99. The molecule has 0 radical (unpaired) electrons. The van der Waals surface area contributed by atoms with E-state index in [9.17, 15) is 9.59 Å². The molecule has 0 aliphatic carbocycles. The molecule has 7 heteroatoms. The van der Waals surface area contributed by atoms with Gasteiger partial charge in [-0.05, 0) is 18.4 Å². The molecule has 1 saturated heterocycles. The number of halogens is 3. The van der Waals surface area contributed by atoms with Crippen molar-refractivity contribution in [2.24, 2.45) is 11.8 Å². The molecule has 4 nitrogen and oxygen atoms in total. The third kappa shape index (κ3) is 4.27. The van der Waals surface area contributed by atoms with E-state index < -0.39 is 15.8 Å². The molecule has 0 aromatic heterocycles. The first kappa shape index (κ1) is 18.6. The van der Waals surface area contributed by atoms with Crippen molar-refractivity contribution >= 4 is 46.6 Å². The zero-order valence-corrected chi connectivity index (χ0v) is 15.1. The molecule has 2 atom stereocenters. The van der Waals surface area contributed by atoms with Gasteiger partial charge in [-0.15, -0.1) is 0 Å². The van der Waals surface area contributed by atoms with E-state index in [4.69, 9.17) is 34.8 Å². The Labute approximate surface area is 141 Å². The largest absolute Gasteiger partial charge is 0.328 e. The molecule has 0 aromatic carbocycles. The number of nitrogens with zero attached hydrogens (tertiary/aromatic N) is 2. The number of alkyl halides is 3. The second-order valence-electron chi connectivity index (χ2n) is 5.84. The molecule has 0 spiro atoms. The van der Waals surface area contributed by atoms with Crippen molar-refractivity contribution in [2.45, 2.75) is 37.0 Å². The summed E-state index contributed by atoms with van der Waals surface area (Å²) in [5, 5.41) is 0. The molecular weight excluding hydrogens is 335 g/mol. The second kappa shape index (κ2) is 6.76. The topological polar surface area (TPSA) is 40.6 Å². The van der Waals surface area contributed by atoms with Crippen molar-refractivity contribution < 1.29 is 9.59 Å². The molecule has 1 heterocycles. The normalized spacial score (nSPS) is 24.2. The van der Waals surface area contributed by atoms with E-state index in [0.29, 0.717) is 12.3 Å². The van der Waals surface area contributed by atoms with Gasteiger partial charge in [-0.3, -0.25) is 9.59 Å². The molecule has 0 N–H and O–H groups in total. The van der Waals surface area contributed by atoms with Gasteiger partial charge in [0.05, 0.1) is 0 Å². The van der Waals surface area contributed by atoms with E-state index in [0.717, 1.165) is 0 Å². The number of amides is 2. The summed E-state index contributed by atoms with van der Waals surface area (Å²) in [5.74, 6) is -0.530. The van der Waals surface area contributed by atoms with Crippen molar-refractivity contribution in [2.75, 3.05) is 14.1 Å². The van der Waals surface area contributed by atoms with Crippen LogP contribution in [0.2, 0.25) is 0 Å². The maximum atomic E-state index is 12.5. The lowest BCUT2D eigenvalue weighted by atomic mass is 9.98. The monoisotopic (exact) mass is 354 g/mol. The lowest BCUT2D eigenvalue weighted by Crippen LogP contribution is -2.56. The fraction of sp³-hybridized carbons (Fsp3) is 0.714. The number of likely N-dealkylation sites (N-methyl/N-ethyl adjacent to an activating group) is 2. The average Bonchev–Trinajstić information content (AvgIpc) is 2.35. The van der Waals surface area contributed by atoms with Gasteiger partial charge in [-0.2, -0.15) is 0 Å². The van der Waals surface area contributed by atoms with Crippen molar-refractivity contribution in [1.82, 2.24) is 9.80 Å². The summed E-state index contributed by atoms with van der Waals surface area (Å²) in [7, 11) is 3.21. The fourth-order valence-corrected chi connectivity index (χ4v) is 2.38. The number of carbonyl (C=O) groups is 2. The summed E-state index contributed by atoms with van der Waals surface area (Å²) in [5.41, 5.74) is 0.251. The molecule has 1 aliphatic rings. The molecule has 1 rings (SSSR count). The predicted octanol–water partition coefficient (Wildman–Crippen LogP) is 3.22. The van der Waals surface area contributed by atoms with E-state index in [2.05, 4.69) is 0 Å². The summed E-state index contributed by atoms with van der Waals surface area (Å²) in [6.07, 6.45) is 2.16. The van der Waals surface area contributed by atoms with Gasteiger partial charge in [-0.1, -0.05) is 55.6 Å². The molecule has 0 bridgehead atoms. The highest BCUT2D eigenvalue weighted by atomic mass is 35.6. The Morgan fingerprint density at radius 3 is 2.14 bits per heavy atom. The van der Waals surface area contributed by atoms with Gasteiger partial charge in [0.15, 0.2) is 3.79 Å². The van der Waals surface area contributed by atoms with Gasteiger partial charge in [0.2, 0.25) is 5.91 Å². The van der Waals surface area contributed by atoms with Crippen LogP contribution in [0.3, 0.4) is 0 Å². The molecule has 0 saturated carbocycles. The van der Waals surface area contributed by atoms with E-state index in [-0.39, 0.29) is 17.5 Å². The summed E-state index contributed by atoms with van der Waals surface area (Å²) in [6, 6.07) is -0.442. The Balaban J connectivity index is 3.09. The Hall–Kier alpha value is -0.450. The van der Waals surface area contributed by atoms with Crippen LogP contribution >= 0.6 is 34.8 Å². The third-order valence-electron chi connectivity index (χ3n) is 3.60. The number of rotatable bonds is 3. The van der Waals surface area contributed by atoms with Gasteiger partial charge in [-0.25, -0.2) is 0 Å². The second-order valence-corrected chi connectivity index (χ2v) is 8.21. The van der Waals surface area contributed by atoms with E-state index in [1.165, 1.54) is 15.9 Å². The van der Waals surface area contributed by atoms with Crippen molar-refractivity contribution in [3.05, 3.63) is 11.8 Å². The van der Waals surface area contributed by atoms with Gasteiger partial charge >= 0.3 is 0 Å². The molecule has 21 heavy (non-hydrogen) atoms. The standard InChI is InChI=1S/C14H21Cl3N2O2/c1-8(2)6-10-12(20)19(5)11(13(21)18(10)4)7-9(3)14(15,16)17/h7-10H,6H2,1-5H3/b11-7+. The maximum Gasteiger partial charge on any atom is 0.270 e. The number of carbonyl (C=O) groups excluding carboxylic acids is 2. The van der Waals surface area contributed by atoms with Crippen LogP contribution in [0.1, 0.15) is 27.2 Å². The third-order valence-corrected chi connectivity index (χ3v) is 4.64. The van der Waals surface area contributed by atoms with Gasteiger partial charge in [0.1, 0.15) is 11.7 Å². The van der Waals surface area contributed by atoms with Crippen LogP contribution < -0.4 is 0 Å². The zero-order valence-electron chi connectivity index (χ0n) is 12.9. The van der Waals surface area contributed by atoms with Crippen LogP contribution in [0.15, 0.2) is 11.8 Å². The quantitative estimate of drug-likeness (QED) is 0.576. The smallest absolute Gasteiger partial charge is 0.270 e. The van der Waals surface area contributed by atoms with Crippen molar-refractivity contribution in [3.63, 3.8) is 0 Å². The van der Waals surface area contributed by atoms with Crippen LogP contribution in [0.4, 0.5) is 0 Å². The van der Waals surface area contributed by atoms with E-state index >= 15 is 0 Å². The number of allylic oxidation sites excluding steroid dienone is 1. The van der Waals surface area contributed by atoms with Crippen LogP contribution in [0.25, 0.3) is 0 Å². The lowest BCUT2D eigenvalue weighted by molar-refractivity contribution is -0.149. The molecule has 2 amide bonds. The summed E-state index contributed by atoms with van der Waals surface area (Å²) >= 11 is 17.5. The lowest BCUT2D eigenvalue weighted by Gasteiger charge is -2.39.